The topological polar surface area (TPSA) is 75.7 Å². The van der Waals surface area contributed by atoms with E-state index in [1.807, 2.05) is 30.3 Å². The molecule has 0 unspecified atom stereocenters. The number of benzene rings is 1. The first-order valence-electron chi connectivity index (χ1n) is 6.51. The van der Waals surface area contributed by atoms with Crippen LogP contribution < -0.4 is 5.32 Å². The summed E-state index contributed by atoms with van der Waals surface area (Å²) in [6.45, 7) is 3.42. The Kier molecular flexibility index (Phi) is 5.74. The second-order valence-electron chi connectivity index (χ2n) is 5.61. The number of ether oxygens (including phenoxy) is 1. The van der Waals surface area contributed by atoms with Crippen molar-refractivity contribution in [2.45, 2.75) is 26.0 Å². The maximum atomic E-state index is 11.8. The van der Waals surface area contributed by atoms with E-state index in [1.54, 1.807) is 13.8 Å². The van der Waals surface area contributed by atoms with E-state index in [2.05, 4.69) is 5.32 Å². The number of nitrogens with one attached hydrogen (secondary N) is 1. The third-order valence-electron chi connectivity index (χ3n) is 2.75. The van der Waals surface area contributed by atoms with Gasteiger partial charge in [-0.3, -0.25) is 0 Å². The SMILES string of the molecule is CN(C)S(=O)(=O)CC(C)(C)NC(=O)OCc1ccccc1. The lowest BCUT2D eigenvalue weighted by molar-refractivity contribution is 0.131. The molecule has 0 aliphatic heterocycles. The number of amides is 1. The molecule has 1 aromatic carbocycles. The number of hydrogen-bond acceptors (Lipinski definition) is 4. The first-order valence-corrected chi connectivity index (χ1v) is 8.12. The lowest BCUT2D eigenvalue weighted by Crippen LogP contribution is -2.50. The van der Waals surface area contributed by atoms with E-state index >= 15 is 0 Å². The molecule has 0 heterocycles. The number of hydrogen-bond donors (Lipinski definition) is 1. The third kappa shape index (κ3) is 6.14. The minimum Gasteiger partial charge on any atom is -0.445 e. The van der Waals surface area contributed by atoms with Crippen LogP contribution in [0.2, 0.25) is 0 Å². The van der Waals surface area contributed by atoms with E-state index in [4.69, 9.17) is 4.74 Å². The van der Waals surface area contributed by atoms with Gasteiger partial charge in [0.1, 0.15) is 6.61 Å². The van der Waals surface area contributed by atoms with E-state index in [9.17, 15) is 13.2 Å². The Morgan fingerprint density at radius 2 is 1.81 bits per heavy atom. The zero-order valence-electron chi connectivity index (χ0n) is 12.8. The average Bonchev–Trinajstić information content (AvgIpc) is 2.35. The number of nitrogens with zero attached hydrogens (tertiary/aromatic N) is 1. The van der Waals surface area contributed by atoms with E-state index < -0.39 is 21.7 Å². The molecule has 1 amide bonds. The minimum absolute atomic E-state index is 0.142. The largest absolute Gasteiger partial charge is 0.445 e. The highest BCUT2D eigenvalue weighted by Gasteiger charge is 2.29. The predicted molar refractivity (Wildman–Crippen MR) is 81.3 cm³/mol. The van der Waals surface area contributed by atoms with Crippen LogP contribution in [0.15, 0.2) is 30.3 Å². The van der Waals surface area contributed by atoms with Crippen molar-refractivity contribution in [3.05, 3.63) is 35.9 Å². The van der Waals surface area contributed by atoms with Crippen LogP contribution in [-0.4, -0.2) is 44.2 Å². The summed E-state index contributed by atoms with van der Waals surface area (Å²) in [5.74, 6) is -0.201. The molecule has 21 heavy (non-hydrogen) atoms. The van der Waals surface area contributed by atoms with Gasteiger partial charge < -0.3 is 10.1 Å². The Morgan fingerprint density at radius 3 is 2.33 bits per heavy atom. The molecule has 118 valence electrons. The summed E-state index contributed by atoms with van der Waals surface area (Å²) in [7, 11) is -0.491. The second kappa shape index (κ2) is 6.91. The van der Waals surface area contributed by atoms with Gasteiger partial charge in [-0.1, -0.05) is 30.3 Å². The van der Waals surface area contributed by atoms with Crippen molar-refractivity contribution in [2.75, 3.05) is 19.8 Å². The van der Waals surface area contributed by atoms with Crippen LogP contribution in [0.25, 0.3) is 0 Å². The zero-order valence-corrected chi connectivity index (χ0v) is 13.6. The summed E-state index contributed by atoms with van der Waals surface area (Å²) in [5.41, 5.74) is -0.0528. The quantitative estimate of drug-likeness (QED) is 0.865. The Labute approximate surface area is 126 Å². The van der Waals surface area contributed by atoms with Gasteiger partial charge in [0.2, 0.25) is 10.0 Å². The van der Waals surface area contributed by atoms with Gasteiger partial charge in [0.25, 0.3) is 0 Å². The first-order chi connectivity index (χ1) is 9.62. The van der Waals surface area contributed by atoms with Crippen molar-refractivity contribution in [3.63, 3.8) is 0 Å². The smallest absolute Gasteiger partial charge is 0.407 e. The lowest BCUT2D eigenvalue weighted by Gasteiger charge is -2.27. The van der Waals surface area contributed by atoms with Gasteiger partial charge in [-0.15, -0.1) is 0 Å². The van der Waals surface area contributed by atoms with E-state index in [0.717, 1.165) is 9.87 Å². The van der Waals surface area contributed by atoms with E-state index in [1.165, 1.54) is 14.1 Å². The Balaban J connectivity index is 2.53. The van der Waals surface area contributed by atoms with Crippen molar-refractivity contribution in [2.24, 2.45) is 0 Å². The molecule has 1 aromatic rings. The van der Waals surface area contributed by atoms with E-state index in [0.29, 0.717) is 0 Å². The fraction of sp³-hybridized carbons (Fsp3) is 0.500. The fourth-order valence-corrected chi connectivity index (χ4v) is 2.90. The molecular formula is C14H22N2O4S. The Morgan fingerprint density at radius 1 is 1.24 bits per heavy atom. The van der Waals surface area contributed by atoms with Crippen LogP contribution in [-0.2, 0) is 21.4 Å². The summed E-state index contributed by atoms with van der Waals surface area (Å²) in [5, 5.41) is 2.57. The summed E-state index contributed by atoms with van der Waals surface area (Å²) in [4.78, 5) is 11.7. The van der Waals surface area contributed by atoms with Crippen molar-refractivity contribution in [1.82, 2.24) is 9.62 Å². The molecule has 0 radical (unpaired) electrons. The van der Waals surface area contributed by atoms with Crippen LogP contribution in [0.3, 0.4) is 0 Å². The maximum Gasteiger partial charge on any atom is 0.407 e. The first kappa shape index (κ1) is 17.5. The molecule has 0 saturated carbocycles. The van der Waals surface area contributed by atoms with Crippen molar-refractivity contribution in [3.8, 4) is 0 Å². The summed E-state index contributed by atoms with van der Waals surface area (Å²) >= 11 is 0. The van der Waals surface area contributed by atoms with E-state index in [-0.39, 0.29) is 12.4 Å². The third-order valence-corrected chi connectivity index (χ3v) is 4.95. The van der Waals surface area contributed by atoms with Crippen LogP contribution in [0.5, 0.6) is 0 Å². The normalized spacial score (nSPS) is 12.2. The molecule has 0 fully saturated rings. The van der Waals surface area contributed by atoms with Crippen molar-refractivity contribution >= 4 is 16.1 Å². The molecule has 0 bridgehead atoms. The molecule has 0 spiro atoms. The van der Waals surface area contributed by atoms with Gasteiger partial charge in [-0.05, 0) is 19.4 Å². The zero-order chi connectivity index (χ0) is 16.1. The second-order valence-corrected chi connectivity index (χ2v) is 7.79. The Hall–Kier alpha value is -1.60. The maximum absolute atomic E-state index is 11.8. The highest BCUT2D eigenvalue weighted by Crippen LogP contribution is 2.10. The van der Waals surface area contributed by atoms with Gasteiger partial charge in [-0.25, -0.2) is 17.5 Å². The van der Waals surface area contributed by atoms with Gasteiger partial charge in [-0.2, -0.15) is 0 Å². The molecule has 0 aromatic heterocycles. The van der Waals surface area contributed by atoms with Crippen LogP contribution in [0.4, 0.5) is 4.79 Å². The van der Waals surface area contributed by atoms with Gasteiger partial charge >= 0.3 is 6.09 Å². The fourth-order valence-electron chi connectivity index (χ4n) is 1.66. The predicted octanol–water partition coefficient (Wildman–Crippen LogP) is 1.58. The lowest BCUT2D eigenvalue weighted by atomic mass is 10.1. The highest BCUT2D eigenvalue weighted by molar-refractivity contribution is 7.89. The molecule has 1 N–H and O–H groups in total. The van der Waals surface area contributed by atoms with Gasteiger partial charge in [0, 0.05) is 14.1 Å². The monoisotopic (exact) mass is 314 g/mol. The number of carbonyl (C=O) groups excluding carboxylic acids is 1. The molecule has 0 aliphatic carbocycles. The van der Waals surface area contributed by atoms with Crippen molar-refractivity contribution < 1.29 is 17.9 Å². The molecular weight excluding hydrogens is 292 g/mol. The summed E-state index contributed by atoms with van der Waals surface area (Å²) < 4.78 is 29.9. The van der Waals surface area contributed by atoms with Crippen molar-refractivity contribution in [1.29, 1.82) is 0 Å². The summed E-state index contributed by atoms with van der Waals surface area (Å²) in [6.07, 6.45) is -0.641. The number of rotatable bonds is 6. The minimum atomic E-state index is -3.41. The number of sulfonamides is 1. The number of carbonyl (C=O) groups is 1. The average molecular weight is 314 g/mol. The van der Waals surface area contributed by atoms with Crippen LogP contribution in [0.1, 0.15) is 19.4 Å². The van der Waals surface area contributed by atoms with Gasteiger partial charge in [0.15, 0.2) is 0 Å². The molecule has 0 aliphatic rings. The van der Waals surface area contributed by atoms with Gasteiger partial charge in [0.05, 0.1) is 11.3 Å². The summed E-state index contributed by atoms with van der Waals surface area (Å²) in [6, 6.07) is 9.26. The van der Waals surface area contributed by atoms with Crippen LogP contribution >= 0.6 is 0 Å². The van der Waals surface area contributed by atoms with Crippen LogP contribution in [0, 0.1) is 0 Å². The standard InChI is InChI=1S/C14H22N2O4S/c1-14(2,11-21(18,19)16(3)4)15-13(17)20-10-12-8-6-5-7-9-12/h5-9H,10-11H2,1-4H3,(H,15,17). The molecule has 6 nitrogen and oxygen atoms in total. The molecule has 1 rings (SSSR count). The highest BCUT2D eigenvalue weighted by atomic mass is 32.2. The Bertz CT molecular complexity index is 568. The number of alkyl carbamates (subject to hydrolysis) is 1. The molecule has 0 atom stereocenters. The molecule has 7 heteroatoms. The molecule has 0 saturated heterocycles.